The van der Waals surface area contributed by atoms with Crippen LogP contribution in [0.2, 0.25) is 0 Å². The zero-order chi connectivity index (χ0) is 66.6. The van der Waals surface area contributed by atoms with Crippen LogP contribution in [0.15, 0.2) is 128 Å². The molecule has 2 aliphatic heterocycles. The Bertz CT molecular complexity index is 4430. The Morgan fingerprint density at radius 2 is 0.817 bits per heavy atom. The van der Waals surface area contributed by atoms with E-state index in [-0.39, 0.29) is 42.6 Å². The molecule has 0 aliphatic carbocycles. The molecule has 6 heterocycles. The van der Waals surface area contributed by atoms with Crippen LogP contribution in [0.1, 0.15) is 156 Å². The van der Waals surface area contributed by atoms with Gasteiger partial charge in [-0.15, -0.1) is 0 Å². The summed E-state index contributed by atoms with van der Waals surface area (Å²) in [6.07, 6.45) is 16.3. The molecule has 8 aromatic rings. The van der Waals surface area contributed by atoms with Gasteiger partial charge in [-0.05, 0) is 86.5 Å². The highest BCUT2D eigenvalue weighted by molar-refractivity contribution is 6.09. The highest BCUT2D eigenvalue weighted by atomic mass is 16.5. The van der Waals surface area contributed by atoms with Gasteiger partial charge < -0.3 is 40.5 Å². The fourth-order valence-corrected chi connectivity index (χ4v) is 11.0. The number of anilines is 4. The number of hydrogen-bond acceptors (Lipinski definition) is 9. The minimum atomic E-state index is -0.776. The van der Waals surface area contributed by atoms with Crippen molar-refractivity contribution in [2.75, 3.05) is 21.3 Å². The molecular weight excluding hydrogens is 1160 g/mol. The van der Waals surface area contributed by atoms with E-state index in [1.807, 2.05) is 242 Å². The number of ether oxygens (including phenoxy) is 1. The number of hydrogen-bond donors (Lipinski definition) is 6. The van der Waals surface area contributed by atoms with Crippen LogP contribution in [0.4, 0.5) is 22.7 Å². The van der Waals surface area contributed by atoms with Crippen molar-refractivity contribution in [3.8, 4) is 44.5 Å². The van der Waals surface area contributed by atoms with Gasteiger partial charge in [-0.25, -0.2) is 15.0 Å². The topological polar surface area (TPSA) is 218 Å². The minimum Gasteiger partial charge on any atom is -0.461 e. The van der Waals surface area contributed by atoms with E-state index in [4.69, 9.17) is 14.7 Å². The van der Waals surface area contributed by atoms with Crippen molar-refractivity contribution in [3.05, 3.63) is 162 Å². The number of aromatic amines is 2. The predicted molar refractivity (Wildman–Crippen MR) is 377 cm³/mol. The average molecular weight is 1250 g/mol. The second kappa shape index (κ2) is 27.1. The summed E-state index contributed by atoms with van der Waals surface area (Å²) in [6.45, 7) is 25.1. The number of unbranched alkanes of at least 4 members (excludes halogenated alkanes) is 4. The summed E-state index contributed by atoms with van der Waals surface area (Å²) in [6, 6.07) is 36.5. The molecule has 16 nitrogen and oxygen atoms in total. The van der Waals surface area contributed by atoms with Crippen LogP contribution in [0, 0.1) is 28.6 Å². The maximum Gasteiger partial charge on any atom is 0.306 e. The third-order valence-electron chi connectivity index (χ3n) is 16.5. The van der Waals surface area contributed by atoms with E-state index in [0.29, 0.717) is 124 Å². The monoisotopic (exact) mass is 1250 g/mol. The first-order valence-electron chi connectivity index (χ1n) is 32.1. The zero-order valence-electron chi connectivity index (χ0n) is 55.8. The van der Waals surface area contributed by atoms with Crippen LogP contribution >= 0.6 is 0 Å². The molecule has 93 heavy (non-hydrogen) atoms. The Kier molecular flexibility index (Phi) is 19.2. The summed E-state index contributed by atoms with van der Waals surface area (Å²) < 4.78 is 8.52. The van der Waals surface area contributed by atoms with Crippen molar-refractivity contribution < 1.29 is 28.7 Å². The minimum absolute atomic E-state index is 0.157. The van der Waals surface area contributed by atoms with Crippen LogP contribution in [-0.2, 0) is 41.9 Å². The van der Waals surface area contributed by atoms with E-state index in [0.717, 1.165) is 38.1 Å². The van der Waals surface area contributed by atoms with E-state index in [1.54, 1.807) is 0 Å². The number of nitrogens with one attached hydrogen (secondary N) is 6. The van der Waals surface area contributed by atoms with E-state index in [2.05, 4.69) is 40.8 Å². The van der Waals surface area contributed by atoms with Crippen molar-refractivity contribution >= 4 is 98.7 Å². The summed E-state index contributed by atoms with van der Waals surface area (Å²) in [4.78, 5) is 93.8. The fourth-order valence-electron chi connectivity index (χ4n) is 11.0. The third kappa shape index (κ3) is 15.2. The number of imidazole rings is 1. The average Bonchev–Trinajstić information content (AvgIpc) is 1.63. The van der Waals surface area contributed by atoms with Crippen LogP contribution in [0.3, 0.4) is 0 Å². The lowest BCUT2D eigenvalue weighted by atomic mass is 9.94. The molecule has 0 fully saturated rings. The molecule has 4 amide bonds. The van der Waals surface area contributed by atoms with Gasteiger partial charge in [0.15, 0.2) is 0 Å². The Morgan fingerprint density at radius 3 is 1.22 bits per heavy atom. The second-order valence-electron chi connectivity index (χ2n) is 28.1. The smallest absolute Gasteiger partial charge is 0.306 e. The number of rotatable bonds is 18. The first-order chi connectivity index (χ1) is 44.1. The molecule has 0 saturated heterocycles. The highest BCUT2D eigenvalue weighted by Gasteiger charge is 2.30. The molecule has 8 bridgehead atoms. The van der Waals surface area contributed by atoms with Gasteiger partial charge in [0.25, 0.3) is 0 Å². The van der Waals surface area contributed by atoms with Gasteiger partial charge in [0.1, 0.15) is 12.4 Å². The molecule has 4 aromatic heterocycles. The van der Waals surface area contributed by atoms with Crippen molar-refractivity contribution in [2.45, 2.75) is 142 Å². The number of fused-ring (bicyclic) bond motifs is 8. The Hall–Kier alpha value is -9.96. The van der Waals surface area contributed by atoms with Gasteiger partial charge in [0.2, 0.25) is 23.6 Å². The molecule has 0 spiro atoms. The summed E-state index contributed by atoms with van der Waals surface area (Å²) in [5, 5.41) is 13.0. The largest absolute Gasteiger partial charge is 0.461 e. The lowest BCUT2D eigenvalue weighted by Crippen LogP contribution is -2.27. The van der Waals surface area contributed by atoms with Crippen LogP contribution in [0.5, 0.6) is 0 Å². The van der Waals surface area contributed by atoms with Crippen molar-refractivity contribution in [3.63, 3.8) is 0 Å². The summed E-state index contributed by atoms with van der Waals surface area (Å²) in [5.41, 5.74) is 9.41. The van der Waals surface area contributed by atoms with Crippen molar-refractivity contribution in [2.24, 2.45) is 21.7 Å². The number of aryl methyl sites for hydroxylation is 2. The second-order valence-corrected chi connectivity index (χ2v) is 28.1. The standard InChI is InChI=1S/C77H86N10O6/c1-47-78-42-44-87(47)43-26-16-14-15-17-35-64(88)93-46-48-45-63-67(51-29-20-24-33-55(51)85-72(91)76(8,9)10)61-39-38-59(80-61)65(49-27-18-22-31-53(49)83-70(89)74(2,3)4)57-36-37-58(79-57)66(50-28-19-23-32-54(50)84-71(90)75(5,6)7)60-40-41-62(81-60)68(69(48)82-63)52-30-21-25-34-56(52)86-73(92)77(11,12)13/h18-25,27-34,36-42,44-45,79,82H,14-17,26,35,43,46H2,1-13H3,(H,83,89)(H,84,90)(H,85,91)(H,86,92). The fraction of sp³-hybridized carbons (Fsp3) is 0.325. The van der Waals surface area contributed by atoms with Crippen LogP contribution in [0.25, 0.3) is 90.9 Å². The normalized spacial score (nSPS) is 12.4. The maximum atomic E-state index is 14.2. The number of carbonyl (C=O) groups excluding carboxylic acids is 5. The number of H-pyrrole nitrogens is 2. The predicted octanol–water partition coefficient (Wildman–Crippen LogP) is 17.9. The molecule has 10 rings (SSSR count). The lowest BCUT2D eigenvalue weighted by Gasteiger charge is -2.20. The van der Waals surface area contributed by atoms with Gasteiger partial charge in [0.05, 0.1) is 28.3 Å². The Balaban J connectivity index is 1.30. The number of nitrogens with zero attached hydrogens (tertiary/aromatic N) is 4. The number of benzene rings is 4. The quantitative estimate of drug-likeness (QED) is 0.0355. The molecular formula is C77H86N10O6. The Labute approximate surface area is 545 Å². The molecule has 0 radical (unpaired) electrons. The van der Waals surface area contributed by atoms with E-state index >= 15 is 0 Å². The molecule has 4 aromatic carbocycles. The zero-order valence-corrected chi connectivity index (χ0v) is 55.8. The van der Waals surface area contributed by atoms with Gasteiger partial charge >= 0.3 is 5.97 Å². The highest BCUT2D eigenvalue weighted by Crippen LogP contribution is 2.45. The van der Waals surface area contributed by atoms with Gasteiger partial charge in [0, 0.05) is 136 Å². The van der Waals surface area contributed by atoms with Crippen molar-refractivity contribution in [1.29, 1.82) is 0 Å². The molecule has 0 atom stereocenters. The van der Waals surface area contributed by atoms with Gasteiger partial charge in [-0.2, -0.15) is 0 Å². The molecule has 480 valence electrons. The molecule has 16 heteroatoms. The number of aromatic nitrogens is 6. The van der Waals surface area contributed by atoms with E-state index < -0.39 is 21.7 Å². The number of para-hydroxylation sites is 4. The van der Waals surface area contributed by atoms with Crippen molar-refractivity contribution in [1.82, 2.24) is 29.5 Å². The van der Waals surface area contributed by atoms with E-state index in [9.17, 15) is 24.0 Å². The number of amides is 4. The Morgan fingerprint density at radius 1 is 0.452 bits per heavy atom. The number of esters is 1. The first-order valence-corrected chi connectivity index (χ1v) is 32.1. The van der Waals surface area contributed by atoms with Crippen LogP contribution < -0.4 is 21.3 Å². The molecule has 0 unspecified atom stereocenters. The SMILES string of the molecule is Cc1nccn1CCCCCCCC(=O)OCc1cc2[nH]c1c(-c1ccccc1NC(=O)C(C)(C)C)c1nc(c(-c3ccccc3NC(=O)C(C)(C)C)c3ccc([nH]3)c(-c3ccccc3NC(=O)C(C)(C)C)c3nc(c2-c2ccccc2NC(=O)C(C)(C)C)C=C3)C=C1. The third-order valence-corrected chi connectivity index (χ3v) is 16.5. The summed E-state index contributed by atoms with van der Waals surface area (Å²) >= 11 is 0. The van der Waals surface area contributed by atoms with Gasteiger partial charge in [-0.3, -0.25) is 24.0 Å². The molecule has 0 saturated carbocycles. The summed E-state index contributed by atoms with van der Waals surface area (Å²) in [5.74, 6) is -0.129. The van der Waals surface area contributed by atoms with E-state index in [1.165, 1.54) is 0 Å². The van der Waals surface area contributed by atoms with Gasteiger partial charge in [-0.1, -0.05) is 175 Å². The first kappa shape index (κ1) is 66.0. The number of carbonyl (C=O) groups is 5. The molecule has 2 aliphatic rings. The summed E-state index contributed by atoms with van der Waals surface area (Å²) in [7, 11) is 0. The van der Waals surface area contributed by atoms with Crippen LogP contribution in [-0.4, -0.2) is 59.1 Å². The molecule has 6 N–H and O–H groups in total. The lowest BCUT2D eigenvalue weighted by molar-refractivity contribution is -0.145. The maximum absolute atomic E-state index is 14.2.